The first-order valence-electron chi connectivity index (χ1n) is 10.1. The average molecular weight is 470 g/mol. The summed E-state index contributed by atoms with van der Waals surface area (Å²) in [6.07, 6.45) is 1.71. The molecule has 0 amide bonds. The third kappa shape index (κ3) is 5.76. The van der Waals surface area contributed by atoms with Crippen LogP contribution in [-0.2, 0) is 26.0 Å². The zero-order valence-corrected chi connectivity index (χ0v) is 21.8. The zero-order chi connectivity index (χ0) is 22.2. The molecule has 1 atom stereocenters. The third-order valence-electron chi connectivity index (χ3n) is 5.18. The summed E-state index contributed by atoms with van der Waals surface area (Å²) in [4.78, 5) is 12.9. The first-order chi connectivity index (χ1) is 14.7. The van der Waals surface area contributed by atoms with E-state index >= 15 is 0 Å². The molecule has 1 saturated heterocycles. The number of ether oxygens (including phenoxy) is 3. The Balaban J connectivity index is 0.00000289. The minimum Gasteiger partial charge on any atom is -0.492 e. The predicted octanol–water partition coefficient (Wildman–Crippen LogP) is 0.433. The number of rotatable bonds is 6. The summed E-state index contributed by atoms with van der Waals surface area (Å²) in [7, 11) is -1.52. The number of hydrogen-bond acceptors (Lipinski definition) is 6. The molecule has 10 heteroatoms. The Bertz CT molecular complexity index is 1130. The quantitative estimate of drug-likeness (QED) is 0.484. The summed E-state index contributed by atoms with van der Waals surface area (Å²) in [6, 6.07) is 4.12. The van der Waals surface area contributed by atoms with E-state index in [0.29, 0.717) is 36.5 Å². The van der Waals surface area contributed by atoms with Crippen LogP contribution in [0.15, 0.2) is 29.6 Å². The second-order valence-electron chi connectivity index (χ2n) is 8.17. The van der Waals surface area contributed by atoms with E-state index in [0.717, 1.165) is 16.9 Å². The van der Waals surface area contributed by atoms with Crippen molar-refractivity contribution >= 4 is 21.8 Å². The van der Waals surface area contributed by atoms with Crippen LogP contribution in [0.2, 0.25) is 0 Å². The van der Waals surface area contributed by atoms with Crippen molar-refractivity contribution in [2.24, 2.45) is 5.92 Å². The second kappa shape index (κ2) is 10.3. The molecule has 32 heavy (non-hydrogen) atoms. The zero-order valence-electron chi connectivity index (χ0n) is 19.0. The van der Waals surface area contributed by atoms with Crippen molar-refractivity contribution in [3.8, 4) is 5.75 Å². The van der Waals surface area contributed by atoms with Crippen LogP contribution in [0.3, 0.4) is 0 Å². The fraction of sp³-hybridized carbons (Fsp3) is 0.455. The van der Waals surface area contributed by atoms with Gasteiger partial charge in [-0.15, -0.1) is 0 Å². The van der Waals surface area contributed by atoms with E-state index < -0.39 is 22.4 Å². The number of aryl methyl sites for hydroxylation is 1. The van der Waals surface area contributed by atoms with E-state index in [1.165, 1.54) is 18.2 Å². The van der Waals surface area contributed by atoms with Crippen LogP contribution in [0.5, 0.6) is 5.75 Å². The molecule has 7 nitrogen and oxygen atoms in total. The van der Waals surface area contributed by atoms with Crippen LogP contribution in [-0.4, -0.2) is 39.8 Å². The predicted molar refractivity (Wildman–Crippen MR) is 114 cm³/mol. The molecular formula is C22H25FN3NaO4S. The summed E-state index contributed by atoms with van der Waals surface area (Å²) >= 11 is 0. The monoisotopic (exact) mass is 469 g/mol. The SMILES string of the molecule is Cc1cnc(CS(=O)c2nc3cc(F)ccc3[n-]2)c(C)c1OCC1COC(C)(C)OC1.[Na+]. The normalized spacial score (nSPS) is 17.2. The minimum absolute atomic E-state index is 0. The Kier molecular flexibility index (Phi) is 8.11. The number of fused-ring (bicyclic) bond motifs is 1. The van der Waals surface area contributed by atoms with Crippen molar-refractivity contribution in [1.29, 1.82) is 0 Å². The van der Waals surface area contributed by atoms with Crippen molar-refractivity contribution in [1.82, 2.24) is 15.0 Å². The van der Waals surface area contributed by atoms with E-state index in [4.69, 9.17) is 14.2 Å². The third-order valence-corrected chi connectivity index (χ3v) is 6.31. The van der Waals surface area contributed by atoms with Crippen LogP contribution < -0.4 is 39.3 Å². The van der Waals surface area contributed by atoms with Crippen LogP contribution in [0, 0.1) is 25.6 Å². The molecule has 2 aromatic heterocycles. The van der Waals surface area contributed by atoms with E-state index in [2.05, 4.69) is 15.0 Å². The smallest absolute Gasteiger partial charge is 0.492 e. The van der Waals surface area contributed by atoms with E-state index in [9.17, 15) is 8.60 Å². The van der Waals surface area contributed by atoms with Crippen LogP contribution in [0.1, 0.15) is 30.7 Å². The van der Waals surface area contributed by atoms with Crippen LogP contribution in [0.4, 0.5) is 4.39 Å². The molecule has 0 aliphatic carbocycles. The molecular weight excluding hydrogens is 444 g/mol. The van der Waals surface area contributed by atoms with Gasteiger partial charge in [0.1, 0.15) is 11.6 Å². The van der Waals surface area contributed by atoms with Gasteiger partial charge in [0.05, 0.1) is 42.1 Å². The standard InChI is InChI=1S/C22H25FN3O4S.Na/c1-13-8-24-19(12-31(27)21-25-17-6-5-16(23)7-18(17)26-21)14(2)20(13)28-9-15-10-29-22(3,4)30-11-15;/h5-8,15H,9-12H2,1-4H3;/q-1;+1. The molecule has 1 aliphatic rings. The Morgan fingerprint density at radius 2 is 2.00 bits per heavy atom. The number of aromatic nitrogens is 3. The average Bonchev–Trinajstić information content (AvgIpc) is 3.14. The second-order valence-corrected chi connectivity index (χ2v) is 9.51. The number of halogens is 1. The molecule has 3 aromatic rings. The van der Waals surface area contributed by atoms with Gasteiger partial charge in [-0.25, -0.2) is 4.39 Å². The maximum absolute atomic E-state index is 13.4. The maximum atomic E-state index is 13.4. The fourth-order valence-corrected chi connectivity index (χ4v) is 4.42. The van der Waals surface area contributed by atoms with Gasteiger partial charge in [0, 0.05) is 28.4 Å². The summed E-state index contributed by atoms with van der Waals surface area (Å²) in [5.41, 5.74) is 3.28. The van der Waals surface area contributed by atoms with Crippen LogP contribution >= 0.6 is 0 Å². The molecule has 1 aromatic carbocycles. The Hall–Kier alpha value is -1.36. The summed E-state index contributed by atoms with van der Waals surface area (Å²) in [5.74, 6) is 0.0337. The molecule has 1 unspecified atom stereocenters. The Morgan fingerprint density at radius 1 is 1.28 bits per heavy atom. The number of pyridine rings is 1. The minimum atomic E-state index is -1.52. The summed E-state index contributed by atoms with van der Waals surface area (Å²) in [5, 5.41) is 0.170. The maximum Gasteiger partial charge on any atom is 1.00 e. The molecule has 0 spiro atoms. The number of hydrogen-bond donors (Lipinski definition) is 0. The Morgan fingerprint density at radius 3 is 2.72 bits per heavy atom. The van der Waals surface area contributed by atoms with Gasteiger partial charge < -0.3 is 24.2 Å². The molecule has 1 aliphatic heterocycles. The van der Waals surface area contributed by atoms with Gasteiger partial charge in [0.15, 0.2) is 5.79 Å². The number of nitrogens with zero attached hydrogens (tertiary/aromatic N) is 3. The molecule has 3 heterocycles. The van der Waals surface area contributed by atoms with Gasteiger partial charge in [-0.05, 0) is 50.9 Å². The van der Waals surface area contributed by atoms with Gasteiger partial charge >= 0.3 is 29.6 Å². The molecule has 1 fully saturated rings. The molecule has 4 rings (SSSR count). The van der Waals surface area contributed by atoms with Crippen molar-refractivity contribution in [3.05, 3.63) is 47.0 Å². The molecule has 166 valence electrons. The topological polar surface area (TPSA) is 84.6 Å². The van der Waals surface area contributed by atoms with Gasteiger partial charge in [0.2, 0.25) is 0 Å². The summed E-state index contributed by atoms with van der Waals surface area (Å²) < 4.78 is 43.7. The number of benzene rings is 1. The molecule has 0 saturated carbocycles. The van der Waals surface area contributed by atoms with Gasteiger partial charge in [-0.2, -0.15) is 0 Å². The Labute approximate surface area is 211 Å². The van der Waals surface area contributed by atoms with Gasteiger partial charge in [-0.3, -0.25) is 9.19 Å². The first-order valence-corrected chi connectivity index (χ1v) is 11.4. The van der Waals surface area contributed by atoms with E-state index in [1.54, 1.807) is 6.20 Å². The summed E-state index contributed by atoms with van der Waals surface area (Å²) in [6.45, 7) is 9.19. The van der Waals surface area contributed by atoms with Gasteiger partial charge in [0.25, 0.3) is 0 Å². The van der Waals surface area contributed by atoms with Crippen molar-refractivity contribution in [2.45, 2.75) is 44.4 Å². The molecule has 0 N–H and O–H groups in total. The number of imidazole rings is 1. The molecule has 0 radical (unpaired) electrons. The first kappa shape index (κ1) is 25.3. The fourth-order valence-electron chi connectivity index (χ4n) is 3.35. The molecule has 0 bridgehead atoms. The van der Waals surface area contributed by atoms with Gasteiger partial charge in [-0.1, -0.05) is 6.07 Å². The van der Waals surface area contributed by atoms with Crippen molar-refractivity contribution < 1.29 is 52.4 Å². The van der Waals surface area contributed by atoms with Crippen molar-refractivity contribution in [3.63, 3.8) is 0 Å². The largest absolute Gasteiger partial charge is 1.00 e. The van der Waals surface area contributed by atoms with Crippen molar-refractivity contribution in [2.75, 3.05) is 19.8 Å². The van der Waals surface area contributed by atoms with E-state index in [-0.39, 0.29) is 46.4 Å². The van der Waals surface area contributed by atoms with E-state index in [1.807, 2.05) is 27.7 Å². The van der Waals surface area contributed by atoms with Crippen LogP contribution in [0.25, 0.3) is 11.0 Å².